The summed E-state index contributed by atoms with van der Waals surface area (Å²) in [6.45, 7) is 1.54. The van der Waals surface area contributed by atoms with Crippen molar-refractivity contribution >= 4 is 15.7 Å². The third kappa shape index (κ3) is 4.10. The molecule has 2 aromatic rings. The first kappa shape index (κ1) is 16.1. The molecule has 0 bridgehead atoms. The number of hydrogen-bond donors (Lipinski definition) is 0. The van der Waals surface area contributed by atoms with Gasteiger partial charge in [0.05, 0.1) is 6.54 Å². The lowest BCUT2D eigenvalue weighted by Gasteiger charge is -2.14. The third-order valence-corrected chi connectivity index (χ3v) is 4.51. The van der Waals surface area contributed by atoms with E-state index >= 15 is 0 Å². The minimum atomic E-state index is -3.36. The lowest BCUT2D eigenvalue weighted by Crippen LogP contribution is -2.32. The summed E-state index contributed by atoms with van der Waals surface area (Å²) in [5.41, 5.74) is 0.556. The Bertz CT molecular complexity index is 742. The first-order chi connectivity index (χ1) is 10.4. The minimum absolute atomic E-state index is 0.0396. The fourth-order valence-electron chi connectivity index (χ4n) is 1.61. The van der Waals surface area contributed by atoms with Crippen LogP contribution in [-0.4, -0.2) is 52.9 Å². The molecule has 2 aromatic heterocycles. The van der Waals surface area contributed by atoms with E-state index in [4.69, 9.17) is 4.52 Å². The van der Waals surface area contributed by atoms with Crippen LogP contribution in [0.4, 0.5) is 0 Å². The lowest BCUT2D eigenvalue weighted by atomic mass is 10.3. The summed E-state index contributed by atoms with van der Waals surface area (Å²) in [6.07, 6.45) is 1.61. The van der Waals surface area contributed by atoms with Crippen molar-refractivity contribution in [2.75, 3.05) is 18.6 Å². The van der Waals surface area contributed by atoms with Gasteiger partial charge in [0.15, 0.2) is 9.84 Å². The molecule has 118 valence electrons. The highest BCUT2D eigenvalue weighted by atomic mass is 32.2. The Hall–Kier alpha value is -2.29. The largest absolute Gasteiger partial charge is 0.337 e. The maximum atomic E-state index is 11.8. The Morgan fingerprint density at radius 1 is 1.36 bits per heavy atom. The van der Waals surface area contributed by atoms with Gasteiger partial charge in [0, 0.05) is 19.0 Å². The van der Waals surface area contributed by atoms with Gasteiger partial charge in [-0.05, 0) is 12.1 Å². The van der Waals surface area contributed by atoms with E-state index < -0.39 is 21.5 Å². The zero-order valence-electron chi connectivity index (χ0n) is 12.3. The Kier molecular flexibility index (Phi) is 4.86. The molecule has 0 atom stereocenters. The number of hydrogen-bond acceptors (Lipinski definition) is 7. The summed E-state index contributed by atoms with van der Waals surface area (Å²) in [4.78, 5) is 21.3. The SMILES string of the molecule is CCS(=O)(=O)CC(=O)N(C)Cc1nc(-c2ccccn2)no1. The molecule has 22 heavy (non-hydrogen) atoms. The first-order valence-electron chi connectivity index (χ1n) is 6.59. The monoisotopic (exact) mass is 324 g/mol. The molecule has 8 nitrogen and oxygen atoms in total. The fourth-order valence-corrected chi connectivity index (χ4v) is 2.41. The van der Waals surface area contributed by atoms with Gasteiger partial charge in [-0.1, -0.05) is 18.1 Å². The second-order valence-corrected chi connectivity index (χ2v) is 7.01. The number of amides is 1. The zero-order valence-corrected chi connectivity index (χ0v) is 13.1. The molecule has 0 N–H and O–H groups in total. The van der Waals surface area contributed by atoms with Crippen molar-refractivity contribution in [2.45, 2.75) is 13.5 Å². The van der Waals surface area contributed by atoms with Crippen LogP contribution in [0.5, 0.6) is 0 Å². The van der Waals surface area contributed by atoms with Crippen LogP contribution in [0.15, 0.2) is 28.9 Å². The van der Waals surface area contributed by atoms with Crippen molar-refractivity contribution in [3.05, 3.63) is 30.3 Å². The molecule has 0 unspecified atom stereocenters. The van der Waals surface area contributed by atoms with Gasteiger partial charge in [0.25, 0.3) is 0 Å². The summed E-state index contributed by atoms with van der Waals surface area (Å²) in [5, 5.41) is 3.78. The van der Waals surface area contributed by atoms with E-state index in [2.05, 4.69) is 15.1 Å². The number of pyridine rings is 1. The standard InChI is InChI=1S/C13H16N4O4S/c1-3-22(19,20)9-12(18)17(2)8-11-15-13(16-21-11)10-6-4-5-7-14-10/h4-7H,3,8-9H2,1-2H3. The molecule has 0 aliphatic carbocycles. The van der Waals surface area contributed by atoms with E-state index in [0.29, 0.717) is 11.5 Å². The number of nitrogens with zero attached hydrogens (tertiary/aromatic N) is 4. The number of sulfone groups is 1. The zero-order chi connectivity index (χ0) is 16.2. The molecule has 0 radical (unpaired) electrons. The van der Waals surface area contributed by atoms with E-state index in [1.807, 2.05) is 0 Å². The summed E-state index contributed by atoms with van der Waals surface area (Å²) in [7, 11) is -1.88. The van der Waals surface area contributed by atoms with Crippen molar-refractivity contribution in [3.8, 4) is 11.5 Å². The molecule has 2 heterocycles. The van der Waals surface area contributed by atoms with Crippen LogP contribution in [0, 0.1) is 0 Å². The minimum Gasteiger partial charge on any atom is -0.337 e. The molecular formula is C13H16N4O4S. The normalized spacial score (nSPS) is 11.4. The highest BCUT2D eigenvalue weighted by molar-refractivity contribution is 7.92. The van der Waals surface area contributed by atoms with Gasteiger partial charge >= 0.3 is 0 Å². The first-order valence-corrected chi connectivity index (χ1v) is 8.42. The summed E-state index contributed by atoms with van der Waals surface area (Å²) >= 11 is 0. The average molecular weight is 324 g/mol. The number of rotatable bonds is 6. The van der Waals surface area contributed by atoms with Gasteiger partial charge in [0.2, 0.25) is 17.6 Å². The van der Waals surface area contributed by atoms with Gasteiger partial charge in [-0.25, -0.2) is 8.42 Å². The maximum absolute atomic E-state index is 11.8. The van der Waals surface area contributed by atoms with E-state index in [1.165, 1.54) is 18.9 Å². The second kappa shape index (κ2) is 6.65. The van der Waals surface area contributed by atoms with E-state index in [9.17, 15) is 13.2 Å². The number of carbonyl (C=O) groups excluding carboxylic acids is 1. The van der Waals surface area contributed by atoms with Crippen molar-refractivity contribution in [3.63, 3.8) is 0 Å². The predicted octanol–water partition coefficient (Wildman–Crippen LogP) is 0.525. The summed E-state index contributed by atoms with van der Waals surface area (Å²) in [5.74, 6) is -0.583. The van der Waals surface area contributed by atoms with Crippen molar-refractivity contribution < 1.29 is 17.7 Å². The molecule has 0 fully saturated rings. The molecule has 0 saturated carbocycles. The van der Waals surface area contributed by atoms with Crippen LogP contribution in [0.25, 0.3) is 11.5 Å². The predicted molar refractivity (Wildman–Crippen MR) is 78.3 cm³/mol. The second-order valence-electron chi connectivity index (χ2n) is 4.65. The van der Waals surface area contributed by atoms with Crippen molar-refractivity contribution in [1.82, 2.24) is 20.0 Å². The van der Waals surface area contributed by atoms with Crippen LogP contribution in [-0.2, 0) is 21.2 Å². The highest BCUT2D eigenvalue weighted by Gasteiger charge is 2.20. The molecular weight excluding hydrogens is 308 g/mol. The van der Waals surface area contributed by atoms with Crippen molar-refractivity contribution in [1.29, 1.82) is 0 Å². The molecule has 0 spiro atoms. The third-order valence-electron chi connectivity index (χ3n) is 2.94. The smallest absolute Gasteiger partial charge is 0.246 e. The quantitative estimate of drug-likeness (QED) is 0.762. The van der Waals surface area contributed by atoms with Crippen LogP contribution in [0.3, 0.4) is 0 Å². The van der Waals surface area contributed by atoms with Gasteiger partial charge in [0.1, 0.15) is 11.4 Å². The van der Waals surface area contributed by atoms with Crippen LogP contribution in [0.2, 0.25) is 0 Å². The van der Waals surface area contributed by atoms with Crippen LogP contribution < -0.4 is 0 Å². The topological polar surface area (TPSA) is 106 Å². The molecule has 2 rings (SSSR count). The Morgan fingerprint density at radius 2 is 2.14 bits per heavy atom. The lowest BCUT2D eigenvalue weighted by molar-refractivity contribution is -0.128. The Morgan fingerprint density at radius 3 is 2.77 bits per heavy atom. The maximum Gasteiger partial charge on any atom is 0.246 e. The van der Waals surface area contributed by atoms with Crippen LogP contribution in [0.1, 0.15) is 12.8 Å². The molecule has 9 heteroatoms. The number of aromatic nitrogens is 3. The van der Waals surface area contributed by atoms with Gasteiger partial charge in [-0.15, -0.1) is 0 Å². The Balaban J connectivity index is 2.02. The Labute approximate surface area is 128 Å². The molecule has 0 aliphatic heterocycles. The van der Waals surface area contributed by atoms with Gasteiger partial charge in [-0.3, -0.25) is 9.78 Å². The average Bonchev–Trinajstić information content (AvgIpc) is 2.96. The van der Waals surface area contributed by atoms with E-state index in [0.717, 1.165) is 0 Å². The molecule has 0 aromatic carbocycles. The van der Waals surface area contributed by atoms with Crippen LogP contribution >= 0.6 is 0 Å². The fraction of sp³-hybridized carbons (Fsp3) is 0.385. The molecule has 0 saturated heterocycles. The van der Waals surface area contributed by atoms with Gasteiger partial charge in [-0.2, -0.15) is 4.98 Å². The van der Waals surface area contributed by atoms with E-state index in [-0.39, 0.29) is 18.2 Å². The number of carbonyl (C=O) groups is 1. The highest BCUT2D eigenvalue weighted by Crippen LogP contribution is 2.12. The summed E-state index contributed by atoms with van der Waals surface area (Å²) < 4.78 is 27.9. The molecule has 1 amide bonds. The van der Waals surface area contributed by atoms with E-state index in [1.54, 1.807) is 24.4 Å². The van der Waals surface area contributed by atoms with Crippen molar-refractivity contribution in [2.24, 2.45) is 0 Å². The molecule has 0 aliphatic rings. The van der Waals surface area contributed by atoms with Gasteiger partial charge < -0.3 is 9.42 Å². The summed E-state index contributed by atoms with van der Waals surface area (Å²) in [6, 6.07) is 5.30.